The van der Waals surface area contributed by atoms with Crippen LogP contribution in [0.4, 0.5) is 15.8 Å². The Kier molecular flexibility index (Phi) is 4.94. The number of anilines is 1. The molecule has 118 valence electrons. The molecule has 0 saturated carbocycles. The van der Waals surface area contributed by atoms with Crippen molar-refractivity contribution in [3.63, 3.8) is 0 Å². The van der Waals surface area contributed by atoms with E-state index in [0.717, 1.165) is 12.1 Å². The zero-order chi connectivity index (χ0) is 17.1. The molecule has 2 aromatic carbocycles. The largest absolute Gasteiger partial charge is 0.489 e. The van der Waals surface area contributed by atoms with E-state index in [0.29, 0.717) is 0 Å². The molecule has 3 N–H and O–H groups in total. The Bertz CT molecular complexity index is 787. The second-order valence-corrected chi connectivity index (χ2v) is 4.89. The van der Waals surface area contributed by atoms with Crippen LogP contribution in [0.25, 0.3) is 0 Å². The Labute approximate surface area is 134 Å². The van der Waals surface area contributed by atoms with E-state index in [2.05, 4.69) is 5.32 Å². The lowest BCUT2D eigenvalue weighted by Gasteiger charge is -2.08. The van der Waals surface area contributed by atoms with Gasteiger partial charge < -0.3 is 15.4 Å². The summed E-state index contributed by atoms with van der Waals surface area (Å²) >= 11 is 5.82. The highest BCUT2D eigenvalue weighted by Crippen LogP contribution is 2.22. The van der Waals surface area contributed by atoms with Crippen LogP contribution in [0.3, 0.4) is 0 Å². The second-order valence-electron chi connectivity index (χ2n) is 4.49. The SMILES string of the molecule is O=C(Nc1ccc(F)c([N+](=O)[O-])c1)c1ccc(B(O)O)c(Cl)c1. The fraction of sp³-hybridized carbons (Fsp3) is 0. The summed E-state index contributed by atoms with van der Waals surface area (Å²) in [4.78, 5) is 21.8. The van der Waals surface area contributed by atoms with Gasteiger partial charge in [-0.1, -0.05) is 17.7 Å². The lowest BCUT2D eigenvalue weighted by Crippen LogP contribution is -2.31. The number of amides is 1. The number of carbonyl (C=O) groups excluding carboxylic acids is 1. The van der Waals surface area contributed by atoms with Crippen molar-refractivity contribution < 1.29 is 24.2 Å². The van der Waals surface area contributed by atoms with E-state index in [9.17, 15) is 19.3 Å². The van der Waals surface area contributed by atoms with Gasteiger partial charge in [0.2, 0.25) is 5.82 Å². The Morgan fingerprint density at radius 1 is 1.26 bits per heavy atom. The molecule has 0 fully saturated rings. The van der Waals surface area contributed by atoms with E-state index < -0.39 is 29.5 Å². The summed E-state index contributed by atoms with van der Waals surface area (Å²) in [5.74, 6) is -1.66. The van der Waals surface area contributed by atoms with Crippen LogP contribution in [-0.4, -0.2) is 28.0 Å². The number of hydrogen-bond acceptors (Lipinski definition) is 5. The maximum atomic E-state index is 13.2. The van der Waals surface area contributed by atoms with Gasteiger partial charge >= 0.3 is 12.8 Å². The van der Waals surface area contributed by atoms with Crippen LogP contribution < -0.4 is 10.8 Å². The molecule has 2 rings (SSSR count). The second kappa shape index (κ2) is 6.74. The summed E-state index contributed by atoms with van der Waals surface area (Å²) in [6, 6.07) is 6.70. The van der Waals surface area contributed by atoms with Crippen LogP contribution in [0.2, 0.25) is 5.02 Å². The summed E-state index contributed by atoms with van der Waals surface area (Å²) < 4.78 is 13.2. The third-order valence-electron chi connectivity index (χ3n) is 2.94. The molecule has 1 amide bonds. The number of carbonyl (C=O) groups is 1. The minimum atomic E-state index is -1.78. The van der Waals surface area contributed by atoms with E-state index in [-0.39, 0.29) is 21.7 Å². The molecule has 0 heterocycles. The van der Waals surface area contributed by atoms with Crippen LogP contribution in [0, 0.1) is 15.9 Å². The van der Waals surface area contributed by atoms with Gasteiger partial charge in [-0.3, -0.25) is 14.9 Å². The third kappa shape index (κ3) is 3.83. The average molecular weight is 338 g/mol. The van der Waals surface area contributed by atoms with E-state index in [1.807, 2.05) is 0 Å². The van der Waals surface area contributed by atoms with Gasteiger partial charge in [-0.05, 0) is 24.3 Å². The van der Waals surface area contributed by atoms with Gasteiger partial charge in [-0.25, -0.2) is 0 Å². The van der Waals surface area contributed by atoms with Gasteiger partial charge in [0.25, 0.3) is 5.91 Å². The zero-order valence-electron chi connectivity index (χ0n) is 11.4. The van der Waals surface area contributed by atoms with Crippen LogP contribution in [0.15, 0.2) is 36.4 Å². The smallest absolute Gasteiger partial charge is 0.423 e. The first-order valence-electron chi connectivity index (χ1n) is 6.20. The maximum Gasteiger partial charge on any atom is 0.489 e. The number of nitro groups is 1. The highest BCUT2D eigenvalue weighted by molar-refractivity contribution is 6.62. The predicted octanol–water partition coefficient (Wildman–Crippen LogP) is 1.32. The van der Waals surface area contributed by atoms with E-state index in [1.165, 1.54) is 24.3 Å². The molecule has 2 aromatic rings. The van der Waals surface area contributed by atoms with Crippen molar-refractivity contribution in [1.29, 1.82) is 0 Å². The van der Waals surface area contributed by atoms with Gasteiger partial charge in [0.05, 0.1) is 4.92 Å². The van der Waals surface area contributed by atoms with Gasteiger partial charge in [-0.2, -0.15) is 4.39 Å². The summed E-state index contributed by atoms with van der Waals surface area (Å²) in [6.45, 7) is 0. The molecular weight excluding hydrogens is 329 g/mol. The Hall–Kier alpha value is -2.49. The predicted molar refractivity (Wildman–Crippen MR) is 82.3 cm³/mol. The molecule has 0 radical (unpaired) electrons. The molecule has 0 atom stereocenters. The van der Waals surface area contributed by atoms with Gasteiger partial charge in [-0.15, -0.1) is 0 Å². The fourth-order valence-corrected chi connectivity index (χ4v) is 2.09. The highest BCUT2D eigenvalue weighted by atomic mass is 35.5. The molecule has 0 aromatic heterocycles. The molecule has 0 saturated heterocycles. The minimum Gasteiger partial charge on any atom is -0.423 e. The Morgan fingerprint density at radius 3 is 2.52 bits per heavy atom. The summed E-state index contributed by atoms with van der Waals surface area (Å²) in [7, 11) is -1.78. The number of nitrogens with one attached hydrogen (secondary N) is 1. The minimum absolute atomic E-state index is 0.0284. The first-order valence-corrected chi connectivity index (χ1v) is 6.58. The van der Waals surface area contributed by atoms with Crippen molar-refractivity contribution in [2.75, 3.05) is 5.32 Å². The molecule has 0 aliphatic heterocycles. The summed E-state index contributed by atoms with van der Waals surface area (Å²) in [6.07, 6.45) is 0. The number of halogens is 2. The summed E-state index contributed by atoms with van der Waals surface area (Å²) in [5, 5.41) is 31.1. The number of nitro benzene ring substituents is 1. The molecule has 0 aliphatic carbocycles. The summed E-state index contributed by atoms with van der Waals surface area (Å²) in [5.41, 5.74) is -0.614. The van der Waals surface area contributed by atoms with Crippen molar-refractivity contribution in [2.24, 2.45) is 0 Å². The highest BCUT2D eigenvalue weighted by Gasteiger charge is 2.18. The third-order valence-corrected chi connectivity index (χ3v) is 3.27. The Morgan fingerprint density at radius 2 is 1.96 bits per heavy atom. The average Bonchev–Trinajstić information content (AvgIpc) is 2.48. The number of benzene rings is 2. The first-order chi connectivity index (χ1) is 10.8. The number of nitrogens with zero attached hydrogens (tertiary/aromatic N) is 1. The zero-order valence-corrected chi connectivity index (χ0v) is 12.1. The van der Waals surface area contributed by atoms with Crippen LogP contribution in [0.5, 0.6) is 0 Å². The monoisotopic (exact) mass is 338 g/mol. The number of rotatable bonds is 4. The van der Waals surface area contributed by atoms with Crippen molar-refractivity contribution in [2.45, 2.75) is 0 Å². The molecule has 0 aliphatic rings. The lowest BCUT2D eigenvalue weighted by molar-refractivity contribution is -0.387. The molecule has 0 spiro atoms. The van der Waals surface area contributed by atoms with E-state index in [1.54, 1.807) is 0 Å². The van der Waals surface area contributed by atoms with Gasteiger partial charge in [0, 0.05) is 27.8 Å². The van der Waals surface area contributed by atoms with Crippen LogP contribution >= 0.6 is 11.6 Å². The van der Waals surface area contributed by atoms with E-state index in [4.69, 9.17) is 21.6 Å². The van der Waals surface area contributed by atoms with Gasteiger partial charge in [0.1, 0.15) is 0 Å². The standard InChI is InChI=1S/C13H9BClFN2O5/c15-10-5-7(1-3-9(10)14(20)21)13(19)17-8-2-4-11(16)12(6-8)18(22)23/h1-6,20-21H,(H,17,19). The lowest BCUT2D eigenvalue weighted by atomic mass is 9.80. The topological polar surface area (TPSA) is 113 Å². The Balaban J connectivity index is 2.24. The normalized spacial score (nSPS) is 10.3. The molecule has 7 nitrogen and oxygen atoms in total. The van der Waals surface area contributed by atoms with Crippen LogP contribution in [-0.2, 0) is 0 Å². The van der Waals surface area contributed by atoms with E-state index >= 15 is 0 Å². The molecule has 0 bridgehead atoms. The quantitative estimate of drug-likeness (QED) is 0.442. The first kappa shape index (κ1) is 16.9. The van der Waals surface area contributed by atoms with Crippen LogP contribution in [0.1, 0.15) is 10.4 Å². The molecule has 0 unspecified atom stereocenters. The van der Waals surface area contributed by atoms with Gasteiger partial charge in [0.15, 0.2) is 0 Å². The van der Waals surface area contributed by atoms with Crippen molar-refractivity contribution in [3.05, 3.63) is 62.9 Å². The van der Waals surface area contributed by atoms with Crippen molar-refractivity contribution in [3.8, 4) is 0 Å². The molecular formula is C13H9BClFN2O5. The van der Waals surface area contributed by atoms with Crippen molar-refractivity contribution in [1.82, 2.24) is 0 Å². The maximum absolute atomic E-state index is 13.2. The number of hydrogen-bond donors (Lipinski definition) is 3. The molecule has 23 heavy (non-hydrogen) atoms. The fourth-order valence-electron chi connectivity index (χ4n) is 1.81. The molecule has 10 heteroatoms. The van der Waals surface area contributed by atoms with Crippen molar-refractivity contribution >= 4 is 41.5 Å².